The molecular formula is C29H33ClFN5. The van der Waals surface area contributed by atoms with Gasteiger partial charge in [0.1, 0.15) is 0 Å². The van der Waals surface area contributed by atoms with E-state index in [9.17, 15) is 4.39 Å². The summed E-state index contributed by atoms with van der Waals surface area (Å²) >= 11 is 6.09. The van der Waals surface area contributed by atoms with E-state index in [0.29, 0.717) is 12.2 Å². The van der Waals surface area contributed by atoms with Gasteiger partial charge >= 0.3 is 0 Å². The molecule has 2 aliphatic heterocycles. The number of benzene rings is 2. The number of hydrogen-bond donors (Lipinski definition) is 1. The molecule has 1 fully saturated rings. The van der Waals surface area contributed by atoms with Crippen LogP contribution < -0.4 is 5.32 Å². The number of hydrogen-bond acceptors (Lipinski definition) is 4. The minimum absolute atomic E-state index is 0.0723. The molecule has 0 saturated heterocycles. The number of nitrogens with one attached hydrogen (secondary N) is 1. The first-order chi connectivity index (χ1) is 17.6. The van der Waals surface area contributed by atoms with E-state index in [2.05, 4.69) is 44.8 Å². The van der Waals surface area contributed by atoms with E-state index in [1.54, 1.807) is 18.2 Å². The molecule has 1 saturated carbocycles. The highest BCUT2D eigenvalue weighted by Crippen LogP contribution is 2.40. The number of nitrogens with zero attached hydrogens (tertiary/aromatic N) is 4. The molecule has 36 heavy (non-hydrogen) atoms. The molecule has 1 aromatic heterocycles. The van der Waals surface area contributed by atoms with Crippen LogP contribution in [0.15, 0.2) is 42.5 Å². The quantitative estimate of drug-likeness (QED) is 0.413. The van der Waals surface area contributed by atoms with Crippen LogP contribution in [0, 0.1) is 12.7 Å². The summed E-state index contributed by atoms with van der Waals surface area (Å²) in [5, 5.41) is 12.3. The maximum Gasteiger partial charge on any atom is 0.164 e. The zero-order chi connectivity index (χ0) is 24.6. The topological polar surface area (TPSA) is 46.0 Å². The predicted octanol–water partition coefficient (Wildman–Crippen LogP) is 7.02. The van der Waals surface area contributed by atoms with Gasteiger partial charge in [-0.25, -0.2) is 9.07 Å². The molecule has 6 rings (SSSR count). The van der Waals surface area contributed by atoms with Crippen molar-refractivity contribution in [1.29, 1.82) is 0 Å². The van der Waals surface area contributed by atoms with E-state index in [1.165, 1.54) is 43.2 Å². The highest BCUT2D eigenvalue weighted by atomic mass is 35.5. The van der Waals surface area contributed by atoms with Crippen molar-refractivity contribution < 1.29 is 4.39 Å². The summed E-state index contributed by atoms with van der Waals surface area (Å²) < 4.78 is 16.8. The van der Waals surface area contributed by atoms with Crippen LogP contribution in [0.5, 0.6) is 0 Å². The summed E-state index contributed by atoms with van der Waals surface area (Å²) in [7, 11) is 0. The lowest BCUT2D eigenvalue weighted by Gasteiger charge is -2.36. The lowest BCUT2D eigenvalue weighted by Crippen LogP contribution is -2.39. The molecule has 7 heteroatoms. The molecule has 2 aromatic carbocycles. The predicted molar refractivity (Wildman–Crippen MR) is 144 cm³/mol. The molecule has 1 atom stereocenters. The van der Waals surface area contributed by atoms with E-state index in [4.69, 9.17) is 11.6 Å². The van der Waals surface area contributed by atoms with Crippen LogP contribution in [0.1, 0.15) is 67.8 Å². The highest BCUT2D eigenvalue weighted by Gasteiger charge is 2.28. The minimum atomic E-state index is -0.408. The van der Waals surface area contributed by atoms with Gasteiger partial charge in [-0.05, 0) is 67.5 Å². The van der Waals surface area contributed by atoms with Gasteiger partial charge in [0.25, 0.3) is 0 Å². The highest BCUT2D eigenvalue weighted by molar-refractivity contribution is 6.31. The Labute approximate surface area is 217 Å². The van der Waals surface area contributed by atoms with Crippen molar-refractivity contribution in [3.05, 3.63) is 70.1 Å². The van der Waals surface area contributed by atoms with Gasteiger partial charge < -0.3 is 5.32 Å². The smallest absolute Gasteiger partial charge is 0.164 e. The number of halogens is 2. The lowest BCUT2D eigenvalue weighted by atomic mass is 9.89. The molecule has 1 N–H and O–H groups in total. The summed E-state index contributed by atoms with van der Waals surface area (Å²) in [6.45, 7) is 4.87. The molecule has 0 spiro atoms. The van der Waals surface area contributed by atoms with Crippen molar-refractivity contribution in [1.82, 2.24) is 19.9 Å². The number of rotatable bonds is 4. The molecular weight excluding hydrogens is 473 g/mol. The Morgan fingerprint density at radius 3 is 2.72 bits per heavy atom. The van der Waals surface area contributed by atoms with E-state index < -0.39 is 5.82 Å². The molecule has 3 heterocycles. The first-order valence-electron chi connectivity index (χ1n) is 13.3. The lowest BCUT2D eigenvalue weighted by molar-refractivity contribution is 0.171. The standard InChI is InChI=1S/C29H33ClFN5/c1-19-29-23-11-10-21(20-12-15-35(16-13-20)22-6-3-2-4-7-22)18-24(23)26(14-17-36(29)34-33-19)32-27-9-5-8-25(30)28(27)31/h5,8-12,18,22,26,32H,2-4,6-7,13-17H2,1H3. The summed E-state index contributed by atoms with van der Waals surface area (Å²) in [5.74, 6) is -0.408. The summed E-state index contributed by atoms with van der Waals surface area (Å²) in [6, 6.07) is 12.5. The van der Waals surface area contributed by atoms with Crippen molar-refractivity contribution >= 4 is 22.9 Å². The van der Waals surface area contributed by atoms with Crippen LogP contribution >= 0.6 is 11.6 Å². The SMILES string of the molecule is Cc1nnn2c1-c1ccc(C3=CCN(C4CCCCC4)CC3)cc1C(Nc1cccc(Cl)c1F)CC2. The van der Waals surface area contributed by atoms with E-state index in [0.717, 1.165) is 54.5 Å². The molecule has 3 aliphatic rings. The second-order valence-corrected chi connectivity index (χ2v) is 10.8. The fourth-order valence-corrected chi connectivity index (χ4v) is 6.42. The number of aromatic nitrogens is 3. The fraction of sp³-hybridized carbons (Fsp3) is 0.448. The van der Waals surface area contributed by atoms with Crippen molar-refractivity contribution in [3.63, 3.8) is 0 Å². The molecule has 0 amide bonds. The van der Waals surface area contributed by atoms with Crippen molar-refractivity contribution in [3.8, 4) is 11.3 Å². The first kappa shape index (κ1) is 23.7. The third-order valence-corrected chi connectivity index (χ3v) is 8.49. The average Bonchev–Trinajstić information content (AvgIpc) is 3.21. The zero-order valence-corrected chi connectivity index (χ0v) is 21.6. The zero-order valence-electron chi connectivity index (χ0n) is 20.8. The van der Waals surface area contributed by atoms with Crippen LogP contribution in [0.25, 0.3) is 16.8 Å². The van der Waals surface area contributed by atoms with Gasteiger partial charge in [-0.2, -0.15) is 0 Å². The Morgan fingerprint density at radius 2 is 1.92 bits per heavy atom. The molecule has 1 unspecified atom stereocenters. The second kappa shape index (κ2) is 9.98. The van der Waals surface area contributed by atoms with Gasteiger partial charge in [-0.15, -0.1) is 5.10 Å². The Kier molecular flexibility index (Phi) is 6.57. The average molecular weight is 506 g/mol. The van der Waals surface area contributed by atoms with Gasteiger partial charge in [0.2, 0.25) is 0 Å². The van der Waals surface area contributed by atoms with Gasteiger partial charge in [0.05, 0.1) is 28.1 Å². The molecule has 0 radical (unpaired) electrons. The summed E-state index contributed by atoms with van der Waals surface area (Å²) in [6.07, 6.45) is 11.1. The summed E-state index contributed by atoms with van der Waals surface area (Å²) in [5.41, 5.74) is 7.33. The van der Waals surface area contributed by atoms with Gasteiger partial charge in [0, 0.05) is 31.2 Å². The largest absolute Gasteiger partial charge is 0.376 e. The van der Waals surface area contributed by atoms with E-state index in [1.807, 2.05) is 11.6 Å². The van der Waals surface area contributed by atoms with Crippen molar-refractivity contribution in [2.75, 3.05) is 18.4 Å². The van der Waals surface area contributed by atoms with Crippen LogP contribution in [0.3, 0.4) is 0 Å². The minimum Gasteiger partial charge on any atom is -0.376 e. The molecule has 1 aliphatic carbocycles. The number of fused-ring (bicyclic) bond motifs is 3. The van der Waals surface area contributed by atoms with Gasteiger partial charge in [0.15, 0.2) is 5.82 Å². The van der Waals surface area contributed by atoms with E-state index >= 15 is 0 Å². The van der Waals surface area contributed by atoms with Crippen LogP contribution in [-0.4, -0.2) is 39.0 Å². The Morgan fingerprint density at radius 1 is 1.06 bits per heavy atom. The molecule has 188 valence electrons. The normalized spacial score (nSPS) is 20.9. The number of anilines is 1. The van der Waals surface area contributed by atoms with Gasteiger partial charge in [-0.3, -0.25) is 4.90 Å². The van der Waals surface area contributed by atoms with Crippen LogP contribution in [0.2, 0.25) is 5.02 Å². The fourth-order valence-electron chi connectivity index (χ4n) is 6.24. The Balaban J connectivity index is 1.34. The Hall–Kier alpha value is -2.70. The third-order valence-electron chi connectivity index (χ3n) is 8.20. The molecule has 3 aromatic rings. The number of aryl methyl sites for hydroxylation is 2. The maximum atomic E-state index is 14.8. The maximum absolute atomic E-state index is 14.8. The molecule has 0 bridgehead atoms. The van der Waals surface area contributed by atoms with Crippen molar-refractivity contribution in [2.24, 2.45) is 0 Å². The second-order valence-electron chi connectivity index (χ2n) is 10.4. The first-order valence-corrected chi connectivity index (χ1v) is 13.6. The summed E-state index contributed by atoms with van der Waals surface area (Å²) in [4.78, 5) is 2.67. The van der Waals surface area contributed by atoms with Crippen molar-refractivity contribution in [2.45, 2.75) is 70.5 Å². The monoisotopic (exact) mass is 505 g/mol. The van der Waals surface area contributed by atoms with Gasteiger partial charge in [-0.1, -0.05) is 60.4 Å². The Bertz CT molecular complexity index is 1290. The van der Waals surface area contributed by atoms with Crippen LogP contribution in [-0.2, 0) is 6.54 Å². The third kappa shape index (κ3) is 4.46. The van der Waals surface area contributed by atoms with Crippen LogP contribution in [0.4, 0.5) is 10.1 Å². The molecule has 5 nitrogen and oxygen atoms in total. The van der Waals surface area contributed by atoms with E-state index in [-0.39, 0.29) is 11.1 Å².